The lowest BCUT2D eigenvalue weighted by molar-refractivity contribution is 0.141. The Morgan fingerprint density at radius 1 is 1.37 bits per heavy atom. The molecule has 0 spiro atoms. The van der Waals surface area contributed by atoms with Crippen LogP contribution in [-0.2, 0) is 0 Å². The third-order valence-corrected chi connectivity index (χ3v) is 4.04. The summed E-state index contributed by atoms with van der Waals surface area (Å²) < 4.78 is 5.59. The van der Waals surface area contributed by atoms with Crippen molar-refractivity contribution >= 4 is 0 Å². The second-order valence-corrected chi connectivity index (χ2v) is 5.48. The van der Waals surface area contributed by atoms with E-state index in [9.17, 15) is 0 Å². The minimum atomic E-state index is 0.327. The van der Waals surface area contributed by atoms with Crippen molar-refractivity contribution in [2.75, 3.05) is 26.2 Å². The predicted molar refractivity (Wildman–Crippen MR) is 79.4 cm³/mol. The van der Waals surface area contributed by atoms with Crippen LogP contribution in [0.5, 0.6) is 5.75 Å². The summed E-state index contributed by atoms with van der Waals surface area (Å²) in [5, 5.41) is 0. The second kappa shape index (κ2) is 6.92. The Morgan fingerprint density at radius 3 is 2.74 bits per heavy atom. The minimum Gasteiger partial charge on any atom is -0.494 e. The van der Waals surface area contributed by atoms with Crippen molar-refractivity contribution in [2.24, 2.45) is 11.7 Å². The van der Waals surface area contributed by atoms with Crippen LogP contribution in [0.15, 0.2) is 24.3 Å². The molecule has 0 aliphatic carbocycles. The zero-order chi connectivity index (χ0) is 13.7. The van der Waals surface area contributed by atoms with Crippen molar-refractivity contribution in [3.63, 3.8) is 0 Å². The van der Waals surface area contributed by atoms with E-state index in [0.29, 0.717) is 19.2 Å². The van der Waals surface area contributed by atoms with Crippen LogP contribution in [0.25, 0.3) is 0 Å². The number of nitrogens with two attached hydrogens (primary N) is 1. The summed E-state index contributed by atoms with van der Waals surface area (Å²) in [6.45, 7) is 8.04. The SMILES string of the molecule is CCOc1cccc(C(CN)N2CCC(C)CC2)c1. The van der Waals surface area contributed by atoms with Crippen LogP contribution in [0.2, 0.25) is 0 Å². The normalized spacial score (nSPS) is 19.3. The van der Waals surface area contributed by atoms with Gasteiger partial charge in [-0.2, -0.15) is 0 Å². The maximum absolute atomic E-state index is 6.01. The monoisotopic (exact) mass is 262 g/mol. The molecule has 106 valence electrons. The molecular formula is C16H26N2O. The minimum absolute atomic E-state index is 0.327. The molecule has 1 saturated heterocycles. The summed E-state index contributed by atoms with van der Waals surface area (Å²) in [7, 11) is 0. The van der Waals surface area contributed by atoms with E-state index in [1.807, 2.05) is 13.0 Å². The molecule has 0 amide bonds. The Bertz CT molecular complexity index is 386. The molecule has 3 nitrogen and oxygen atoms in total. The fraction of sp³-hybridized carbons (Fsp3) is 0.625. The highest BCUT2D eigenvalue weighted by molar-refractivity contribution is 5.31. The number of ether oxygens (including phenoxy) is 1. The summed E-state index contributed by atoms with van der Waals surface area (Å²) in [4.78, 5) is 2.52. The summed E-state index contributed by atoms with van der Waals surface area (Å²) in [6.07, 6.45) is 2.56. The van der Waals surface area contributed by atoms with Gasteiger partial charge >= 0.3 is 0 Å². The molecule has 1 aliphatic heterocycles. The van der Waals surface area contributed by atoms with E-state index in [2.05, 4.69) is 30.0 Å². The van der Waals surface area contributed by atoms with Gasteiger partial charge in [-0.05, 0) is 56.5 Å². The summed E-state index contributed by atoms with van der Waals surface area (Å²) in [5.74, 6) is 1.80. The van der Waals surface area contributed by atoms with E-state index in [1.54, 1.807) is 0 Å². The summed E-state index contributed by atoms with van der Waals surface area (Å²) >= 11 is 0. The van der Waals surface area contributed by atoms with E-state index in [1.165, 1.54) is 18.4 Å². The van der Waals surface area contributed by atoms with E-state index in [0.717, 1.165) is 24.8 Å². The maximum atomic E-state index is 6.01. The summed E-state index contributed by atoms with van der Waals surface area (Å²) in [5.41, 5.74) is 7.29. The van der Waals surface area contributed by atoms with Gasteiger partial charge in [0.05, 0.1) is 6.61 Å². The molecule has 2 N–H and O–H groups in total. The topological polar surface area (TPSA) is 38.5 Å². The van der Waals surface area contributed by atoms with Gasteiger partial charge in [-0.25, -0.2) is 0 Å². The molecule has 1 aromatic carbocycles. The van der Waals surface area contributed by atoms with Gasteiger partial charge in [0, 0.05) is 12.6 Å². The Kier molecular flexibility index (Phi) is 5.23. The van der Waals surface area contributed by atoms with Crippen molar-refractivity contribution in [3.8, 4) is 5.75 Å². The van der Waals surface area contributed by atoms with Gasteiger partial charge < -0.3 is 10.5 Å². The number of piperidine rings is 1. The molecule has 1 atom stereocenters. The molecule has 1 heterocycles. The molecule has 1 aromatic rings. The Morgan fingerprint density at radius 2 is 2.11 bits per heavy atom. The third kappa shape index (κ3) is 3.71. The number of rotatable bonds is 5. The highest BCUT2D eigenvalue weighted by Crippen LogP contribution is 2.27. The molecule has 2 rings (SSSR count). The fourth-order valence-electron chi connectivity index (χ4n) is 2.81. The largest absolute Gasteiger partial charge is 0.494 e. The standard InChI is InChI=1S/C16H26N2O/c1-3-19-15-6-4-5-14(11-15)16(12-17)18-9-7-13(2)8-10-18/h4-6,11,13,16H,3,7-10,12,17H2,1-2H3. The predicted octanol–water partition coefficient (Wildman–Crippen LogP) is 2.82. The number of hydrogen-bond acceptors (Lipinski definition) is 3. The van der Waals surface area contributed by atoms with E-state index in [-0.39, 0.29) is 0 Å². The molecule has 1 aliphatic rings. The van der Waals surface area contributed by atoms with E-state index in [4.69, 9.17) is 10.5 Å². The van der Waals surface area contributed by atoms with E-state index >= 15 is 0 Å². The van der Waals surface area contributed by atoms with Gasteiger partial charge in [-0.3, -0.25) is 4.90 Å². The highest BCUT2D eigenvalue weighted by Gasteiger charge is 2.23. The van der Waals surface area contributed by atoms with E-state index < -0.39 is 0 Å². The van der Waals surface area contributed by atoms with Crippen LogP contribution in [-0.4, -0.2) is 31.1 Å². The smallest absolute Gasteiger partial charge is 0.119 e. The Labute approximate surface area is 116 Å². The number of likely N-dealkylation sites (tertiary alicyclic amines) is 1. The van der Waals surface area contributed by atoms with Crippen molar-refractivity contribution in [1.29, 1.82) is 0 Å². The Hall–Kier alpha value is -1.06. The lowest BCUT2D eigenvalue weighted by Crippen LogP contribution is -2.39. The quantitative estimate of drug-likeness (QED) is 0.887. The molecule has 3 heteroatoms. The lowest BCUT2D eigenvalue weighted by atomic mass is 9.96. The van der Waals surface area contributed by atoms with Crippen LogP contribution in [0.3, 0.4) is 0 Å². The zero-order valence-electron chi connectivity index (χ0n) is 12.1. The molecule has 19 heavy (non-hydrogen) atoms. The number of hydrogen-bond donors (Lipinski definition) is 1. The summed E-state index contributed by atoms with van der Waals surface area (Å²) in [6, 6.07) is 8.71. The van der Waals surface area contributed by atoms with Crippen molar-refractivity contribution in [2.45, 2.75) is 32.7 Å². The highest BCUT2D eigenvalue weighted by atomic mass is 16.5. The first-order chi connectivity index (χ1) is 9.24. The molecular weight excluding hydrogens is 236 g/mol. The first kappa shape index (κ1) is 14.4. The molecule has 1 unspecified atom stereocenters. The van der Waals surface area contributed by atoms with Crippen molar-refractivity contribution in [3.05, 3.63) is 29.8 Å². The van der Waals surface area contributed by atoms with Gasteiger partial charge in [0.15, 0.2) is 0 Å². The zero-order valence-corrected chi connectivity index (χ0v) is 12.1. The average molecular weight is 262 g/mol. The van der Waals surface area contributed by atoms with Gasteiger partial charge in [0.1, 0.15) is 5.75 Å². The third-order valence-electron chi connectivity index (χ3n) is 4.04. The van der Waals surface area contributed by atoms with Crippen LogP contribution < -0.4 is 10.5 Å². The maximum Gasteiger partial charge on any atom is 0.119 e. The second-order valence-electron chi connectivity index (χ2n) is 5.48. The molecule has 0 saturated carbocycles. The molecule has 0 radical (unpaired) electrons. The first-order valence-electron chi connectivity index (χ1n) is 7.41. The lowest BCUT2D eigenvalue weighted by Gasteiger charge is -2.36. The fourth-order valence-corrected chi connectivity index (χ4v) is 2.81. The van der Waals surface area contributed by atoms with Crippen molar-refractivity contribution < 1.29 is 4.74 Å². The number of benzene rings is 1. The first-order valence-corrected chi connectivity index (χ1v) is 7.41. The number of nitrogens with zero attached hydrogens (tertiary/aromatic N) is 1. The van der Waals surface area contributed by atoms with Crippen LogP contribution >= 0.6 is 0 Å². The molecule has 0 aromatic heterocycles. The van der Waals surface area contributed by atoms with Crippen LogP contribution in [0.4, 0.5) is 0 Å². The van der Waals surface area contributed by atoms with Gasteiger partial charge in [0.2, 0.25) is 0 Å². The van der Waals surface area contributed by atoms with Gasteiger partial charge in [-0.1, -0.05) is 19.1 Å². The van der Waals surface area contributed by atoms with Crippen LogP contribution in [0.1, 0.15) is 38.3 Å². The Balaban J connectivity index is 2.10. The van der Waals surface area contributed by atoms with Gasteiger partial charge in [0.25, 0.3) is 0 Å². The molecule has 1 fully saturated rings. The molecule has 0 bridgehead atoms. The van der Waals surface area contributed by atoms with Crippen LogP contribution in [0, 0.1) is 5.92 Å². The van der Waals surface area contributed by atoms with Gasteiger partial charge in [-0.15, -0.1) is 0 Å². The average Bonchev–Trinajstić information content (AvgIpc) is 2.43. The van der Waals surface area contributed by atoms with Crippen molar-refractivity contribution in [1.82, 2.24) is 4.90 Å².